The summed E-state index contributed by atoms with van der Waals surface area (Å²) >= 11 is 26.0. The minimum absolute atomic E-state index is 0.102. The summed E-state index contributed by atoms with van der Waals surface area (Å²) in [5.41, 5.74) is 8.48. The molecule has 0 radical (unpaired) electrons. The molecule has 4 N–H and O–H groups in total. The Bertz CT molecular complexity index is 2670. The van der Waals surface area contributed by atoms with Gasteiger partial charge in [-0.25, -0.2) is 9.59 Å². The molecular weight excluding hydrogens is 1060 g/mol. The summed E-state index contributed by atoms with van der Waals surface area (Å²) in [6.07, 6.45) is 1.40. The fourth-order valence-corrected chi connectivity index (χ4v) is 10.3. The Kier molecular flexibility index (Phi) is 21.4. The van der Waals surface area contributed by atoms with E-state index in [-0.39, 0.29) is 23.9 Å². The van der Waals surface area contributed by atoms with Gasteiger partial charge in [-0.2, -0.15) is 9.59 Å². The lowest BCUT2D eigenvalue weighted by molar-refractivity contribution is 0.0443. The first-order valence-corrected chi connectivity index (χ1v) is 26.9. The predicted molar refractivity (Wildman–Crippen MR) is 291 cm³/mol. The average Bonchev–Trinajstić information content (AvgIpc) is 4.12. The maximum absolute atomic E-state index is 12.1. The van der Waals surface area contributed by atoms with Crippen molar-refractivity contribution < 1.29 is 28.5 Å². The second-order valence-corrected chi connectivity index (χ2v) is 20.3. The Hall–Kier alpha value is -5.52. The number of nitrogens with one attached hydrogen (secondary N) is 4. The van der Waals surface area contributed by atoms with Crippen LogP contribution in [0.25, 0.3) is 22.8 Å². The molecule has 76 heavy (non-hydrogen) atoms. The van der Waals surface area contributed by atoms with Gasteiger partial charge in [0.15, 0.2) is 0 Å². The van der Waals surface area contributed by atoms with Crippen LogP contribution in [0, 0.1) is 0 Å². The van der Waals surface area contributed by atoms with Gasteiger partial charge in [0.05, 0.1) is 65.9 Å². The van der Waals surface area contributed by atoms with E-state index in [1.807, 2.05) is 36.4 Å². The summed E-state index contributed by atoms with van der Waals surface area (Å²) in [5, 5.41) is 39.9. The molecule has 2 aromatic heterocycles. The Labute approximate surface area is 462 Å². The molecule has 6 aromatic rings. The number of urea groups is 2. The fourth-order valence-electron chi connectivity index (χ4n) is 9.15. The Morgan fingerprint density at radius 1 is 0.539 bits per heavy atom. The third-order valence-corrected chi connectivity index (χ3v) is 13.9. The lowest BCUT2D eigenvalue weighted by Gasteiger charge is -2.33. The molecule has 0 aliphatic carbocycles. The van der Waals surface area contributed by atoms with Crippen LogP contribution < -0.4 is 21.3 Å². The van der Waals surface area contributed by atoms with Gasteiger partial charge in [-0.05, 0) is 107 Å². The maximum atomic E-state index is 12.1. The van der Waals surface area contributed by atoms with Gasteiger partial charge in [-0.3, -0.25) is 0 Å². The first-order valence-electron chi connectivity index (χ1n) is 25.4. The van der Waals surface area contributed by atoms with Crippen LogP contribution in [0.15, 0.2) is 72.8 Å². The summed E-state index contributed by atoms with van der Waals surface area (Å²) in [4.78, 5) is 31.9. The van der Waals surface area contributed by atoms with Gasteiger partial charge in [0.2, 0.25) is 11.6 Å². The van der Waals surface area contributed by atoms with E-state index in [1.54, 1.807) is 12.1 Å². The van der Waals surface area contributed by atoms with Crippen LogP contribution in [0.2, 0.25) is 20.1 Å². The molecule has 8 rings (SSSR count). The van der Waals surface area contributed by atoms with Crippen LogP contribution in [-0.4, -0.2) is 168 Å². The van der Waals surface area contributed by atoms with E-state index >= 15 is 0 Å². The fraction of sp³-hybridized carbons (Fsp3) is 0.462. The Morgan fingerprint density at radius 3 is 1.38 bits per heavy atom. The van der Waals surface area contributed by atoms with E-state index in [0.717, 1.165) is 70.7 Å². The molecule has 24 heteroatoms. The van der Waals surface area contributed by atoms with Gasteiger partial charge in [0, 0.05) is 95.4 Å². The van der Waals surface area contributed by atoms with Gasteiger partial charge in [-0.15, -0.1) is 20.4 Å². The molecule has 20 nitrogen and oxygen atoms in total. The van der Waals surface area contributed by atoms with Crippen molar-refractivity contribution in [3.63, 3.8) is 0 Å². The van der Waals surface area contributed by atoms with Crippen LogP contribution >= 0.6 is 46.4 Å². The summed E-state index contributed by atoms with van der Waals surface area (Å²) in [5.74, 6) is 1.27. The van der Waals surface area contributed by atoms with E-state index in [9.17, 15) is 9.59 Å². The van der Waals surface area contributed by atoms with Gasteiger partial charge in [0.25, 0.3) is 0 Å². The number of halogens is 4. The van der Waals surface area contributed by atoms with E-state index in [2.05, 4.69) is 100 Å². The Balaban J connectivity index is 0.585. The molecule has 4 amide bonds. The van der Waals surface area contributed by atoms with Crippen LogP contribution in [0.5, 0.6) is 0 Å². The summed E-state index contributed by atoms with van der Waals surface area (Å²) in [6.45, 7) is 8.70. The number of amides is 4. The number of hydrogen-bond donors (Lipinski definition) is 4. The van der Waals surface area contributed by atoms with Gasteiger partial charge >= 0.3 is 12.1 Å². The molecule has 0 fully saturated rings. The monoisotopic (exact) mass is 1120 g/mol. The highest BCUT2D eigenvalue weighted by atomic mass is 35.5. The molecule has 0 unspecified atom stereocenters. The van der Waals surface area contributed by atoms with Gasteiger partial charge in [-0.1, -0.05) is 82.8 Å². The molecule has 0 saturated heterocycles. The number of benzene rings is 4. The topological polar surface area (TPSA) is 213 Å². The first-order chi connectivity index (χ1) is 37.0. The number of carbonyl (C=O) groups is 2. The van der Waals surface area contributed by atoms with Gasteiger partial charge < -0.3 is 50.0 Å². The zero-order valence-electron chi connectivity index (χ0n) is 42.7. The SMILES string of the molecule is CN1Cc2c(Cl)cc(Cl)cc2[C@H](c2cccc(-c3nnn(CCOCCOCCNC(=O)NCCCCNC(=O)NCCOCCOCCn4nnc(-c5cccc([C@@H]6CN(C)Cc7c(Cl)cc(Cl)cc76)c5)n4)n3)c2)C1. The van der Waals surface area contributed by atoms with E-state index in [1.165, 1.54) is 9.59 Å². The van der Waals surface area contributed by atoms with E-state index < -0.39 is 0 Å². The molecule has 4 heterocycles. The molecular formula is C52H64Cl4N14O6. The summed E-state index contributed by atoms with van der Waals surface area (Å²) in [7, 11) is 4.18. The zero-order chi connectivity index (χ0) is 53.2. The van der Waals surface area contributed by atoms with Crippen LogP contribution in [0.1, 0.15) is 58.1 Å². The highest BCUT2D eigenvalue weighted by Crippen LogP contribution is 2.40. The Morgan fingerprint density at radius 2 is 0.947 bits per heavy atom. The van der Waals surface area contributed by atoms with Crippen molar-refractivity contribution in [3.05, 3.63) is 126 Å². The predicted octanol–water partition coefficient (Wildman–Crippen LogP) is 6.91. The number of ether oxygens (including phenoxy) is 4. The minimum Gasteiger partial charge on any atom is -0.377 e. The average molecular weight is 1120 g/mol. The number of carbonyl (C=O) groups excluding carboxylic acids is 2. The standard InChI is InChI=1S/C52H64Cl4N14O6/c1-67-31-43(41-27-39(53)29-47(55)45(41)33-67)35-7-5-9-37(25-35)49-61-65-69(63-49)15-19-75-23-21-73-17-13-59-51(71)57-11-3-4-12-58-52(72)60-14-18-74-22-24-76-20-16-70-64-50(62-66-70)38-10-6-8-36(26-38)44-32-68(2)34-46-42(44)28-40(54)30-48(46)56/h5-10,25-30,43-44H,3-4,11-24,31-34H2,1-2H3,(H2,57,59,71)(H2,58,60,72)/t43-,44-/m0/s1. The highest BCUT2D eigenvalue weighted by Gasteiger charge is 2.29. The second kappa shape index (κ2) is 28.7. The molecule has 2 aliphatic heterocycles. The second-order valence-electron chi connectivity index (χ2n) is 18.6. The van der Waals surface area contributed by atoms with Crippen LogP contribution in [-0.2, 0) is 45.1 Å². The highest BCUT2D eigenvalue weighted by molar-refractivity contribution is 6.35. The zero-order valence-corrected chi connectivity index (χ0v) is 45.7. The van der Waals surface area contributed by atoms with Gasteiger partial charge in [0.1, 0.15) is 0 Å². The molecule has 4 aromatic carbocycles. The first kappa shape index (κ1) is 56.7. The number of rotatable bonds is 27. The van der Waals surface area contributed by atoms with Crippen LogP contribution in [0.4, 0.5) is 9.59 Å². The number of tetrazole rings is 2. The van der Waals surface area contributed by atoms with Crippen molar-refractivity contribution in [2.45, 2.75) is 50.9 Å². The van der Waals surface area contributed by atoms with Crippen molar-refractivity contribution in [1.82, 2.24) is 71.5 Å². The number of fused-ring (bicyclic) bond motifs is 2. The minimum atomic E-state index is -0.281. The third-order valence-electron chi connectivity index (χ3n) is 12.8. The van der Waals surface area contributed by atoms with Crippen molar-refractivity contribution in [2.24, 2.45) is 0 Å². The number of hydrogen-bond acceptors (Lipinski definition) is 14. The molecule has 2 atom stereocenters. The molecule has 406 valence electrons. The lowest BCUT2D eigenvalue weighted by Crippen LogP contribution is -2.39. The van der Waals surface area contributed by atoms with E-state index in [4.69, 9.17) is 65.4 Å². The molecule has 0 bridgehead atoms. The quantitative estimate of drug-likeness (QED) is 0.0387. The molecule has 0 spiro atoms. The normalized spacial score (nSPS) is 15.6. The van der Waals surface area contributed by atoms with Crippen molar-refractivity contribution >= 4 is 58.5 Å². The summed E-state index contributed by atoms with van der Waals surface area (Å²) < 4.78 is 22.6. The van der Waals surface area contributed by atoms with Crippen molar-refractivity contribution in [2.75, 3.05) is 106 Å². The summed E-state index contributed by atoms with van der Waals surface area (Å²) in [6, 6.07) is 23.4. The van der Waals surface area contributed by atoms with E-state index in [0.29, 0.717) is 137 Å². The molecule has 0 saturated carbocycles. The number of aromatic nitrogens is 8. The maximum Gasteiger partial charge on any atom is 0.314 e. The van der Waals surface area contributed by atoms with Crippen LogP contribution in [0.3, 0.4) is 0 Å². The largest absolute Gasteiger partial charge is 0.377 e. The lowest BCUT2D eigenvalue weighted by atomic mass is 9.84. The molecule has 2 aliphatic rings. The van der Waals surface area contributed by atoms with Crippen molar-refractivity contribution in [3.8, 4) is 22.8 Å². The smallest absolute Gasteiger partial charge is 0.314 e. The number of nitrogens with zero attached hydrogens (tertiary/aromatic N) is 10. The van der Waals surface area contributed by atoms with Crippen molar-refractivity contribution in [1.29, 1.82) is 0 Å². The number of likely N-dealkylation sites (N-methyl/N-ethyl adjacent to an activating group) is 2. The number of unbranched alkanes of at least 4 members (excludes halogenated alkanes) is 1. The third kappa shape index (κ3) is 16.5.